The van der Waals surface area contributed by atoms with Crippen LogP contribution in [0, 0.1) is 5.41 Å². The number of rotatable bonds is 3. The number of carbonyl (C=O) groups is 1. The number of aromatic amines is 1. The molecule has 0 aliphatic carbocycles. The van der Waals surface area contributed by atoms with E-state index in [9.17, 15) is 4.79 Å². The van der Waals surface area contributed by atoms with Crippen LogP contribution in [0.4, 0.5) is 0 Å². The van der Waals surface area contributed by atoms with Crippen LogP contribution in [-0.2, 0) is 4.79 Å². The number of amides is 1. The topological polar surface area (TPSA) is 82.7 Å². The van der Waals surface area contributed by atoms with Gasteiger partial charge in [0.2, 0.25) is 5.91 Å². The highest BCUT2D eigenvalue weighted by molar-refractivity contribution is 5.82. The quantitative estimate of drug-likeness (QED) is 0.709. The highest BCUT2D eigenvalue weighted by Crippen LogP contribution is 2.26. The largest absolute Gasteiger partial charge is 0.346 e. The van der Waals surface area contributed by atoms with Gasteiger partial charge in [-0.15, -0.1) is 0 Å². The Morgan fingerprint density at radius 2 is 2.47 bits per heavy atom. The van der Waals surface area contributed by atoms with Gasteiger partial charge >= 0.3 is 0 Å². The summed E-state index contributed by atoms with van der Waals surface area (Å²) in [5.74, 6) is 0.763. The van der Waals surface area contributed by atoms with Crippen molar-refractivity contribution in [2.75, 3.05) is 13.1 Å². The van der Waals surface area contributed by atoms with Crippen LogP contribution in [0.15, 0.2) is 6.33 Å². The van der Waals surface area contributed by atoms with Crippen molar-refractivity contribution in [3.8, 4) is 0 Å². The lowest BCUT2D eigenvalue weighted by atomic mass is 9.82. The molecule has 2 rings (SSSR count). The van der Waals surface area contributed by atoms with Gasteiger partial charge in [0.1, 0.15) is 12.2 Å². The Hall–Kier alpha value is -1.43. The summed E-state index contributed by atoms with van der Waals surface area (Å²) in [6.07, 6.45) is 3.41. The SMILES string of the molecule is CC(NC(=O)C1(C)CCCNC1)c1ncn[nH]1. The standard InChI is InChI=1S/C11H19N5O/c1-8(9-13-7-14-16-9)15-10(17)11(2)4-3-5-12-6-11/h7-8,12H,3-6H2,1-2H3,(H,15,17)(H,13,14,16). The van der Waals surface area contributed by atoms with Crippen molar-refractivity contribution in [2.24, 2.45) is 5.41 Å². The first-order valence-corrected chi connectivity index (χ1v) is 5.99. The first kappa shape index (κ1) is 12.0. The molecule has 2 unspecified atom stereocenters. The first-order chi connectivity index (χ1) is 8.12. The number of H-pyrrole nitrogens is 1. The summed E-state index contributed by atoms with van der Waals surface area (Å²) in [6.45, 7) is 5.64. The smallest absolute Gasteiger partial charge is 0.227 e. The molecule has 6 heteroatoms. The summed E-state index contributed by atoms with van der Waals surface area (Å²) in [5.41, 5.74) is -0.313. The van der Waals surface area contributed by atoms with Gasteiger partial charge in [0.15, 0.2) is 0 Å². The van der Waals surface area contributed by atoms with Crippen molar-refractivity contribution in [1.29, 1.82) is 0 Å². The lowest BCUT2D eigenvalue weighted by molar-refractivity contribution is -0.131. The minimum absolute atomic E-state index is 0.0774. The van der Waals surface area contributed by atoms with Gasteiger partial charge < -0.3 is 10.6 Å². The average molecular weight is 237 g/mol. The summed E-state index contributed by atoms with van der Waals surface area (Å²) < 4.78 is 0. The summed E-state index contributed by atoms with van der Waals surface area (Å²) in [6, 6.07) is -0.135. The summed E-state index contributed by atoms with van der Waals surface area (Å²) in [4.78, 5) is 16.3. The molecule has 94 valence electrons. The van der Waals surface area contributed by atoms with Crippen molar-refractivity contribution >= 4 is 5.91 Å². The minimum Gasteiger partial charge on any atom is -0.346 e. The van der Waals surface area contributed by atoms with Gasteiger partial charge in [0.25, 0.3) is 0 Å². The molecule has 0 spiro atoms. The van der Waals surface area contributed by atoms with E-state index in [0.717, 1.165) is 25.9 Å². The fourth-order valence-electron chi connectivity index (χ4n) is 2.11. The monoisotopic (exact) mass is 237 g/mol. The van der Waals surface area contributed by atoms with Gasteiger partial charge in [-0.2, -0.15) is 5.10 Å². The minimum atomic E-state index is -0.313. The maximum absolute atomic E-state index is 12.2. The average Bonchev–Trinajstić information content (AvgIpc) is 2.83. The van der Waals surface area contributed by atoms with E-state index in [-0.39, 0.29) is 17.4 Å². The van der Waals surface area contributed by atoms with Crippen LogP contribution in [-0.4, -0.2) is 34.2 Å². The van der Waals surface area contributed by atoms with E-state index in [1.807, 2.05) is 13.8 Å². The van der Waals surface area contributed by atoms with Crippen LogP contribution in [0.5, 0.6) is 0 Å². The molecule has 0 aromatic carbocycles. The molecule has 6 nitrogen and oxygen atoms in total. The predicted molar refractivity (Wildman–Crippen MR) is 63.2 cm³/mol. The van der Waals surface area contributed by atoms with Gasteiger partial charge in [-0.05, 0) is 33.2 Å². The zero-order valence-electron chi connectivity index (χ0n) is 10.3. The normalized spacial score (nSPS) is 26.5. The zero-order chi connectivity index (χ0) is 12.3. The molecule has 2 atom stereocenters. The maximum Gasteiger partial charge on any atom is 0.227 e. The Bertz CT molecular complexity index is 369. The van der Waals surface area contributed by atoms with E-state index < -0.39 is 0 Å². The summed E-state index contributed by atoms with van der Waals surface area (Å²) in [7, 11) is 0. The summed E-state index contributed by atoms with van der Waals surface area (Å²) in [5, 5.41) is 12.8. The molecule has 1 amide bonds. The lowest BCUT2D eigenvalue weighted by Crippen LogP contribution is -2.49. The van der Waals surface area contributed by atoms with E-state index in [2.05, 4.69) is 25.8 Å². The molecule has 17 heavy (non-hydrogen) atoms. The molecule has 1 fully saturated rings. The lowest BCUT2D eigenvalue weighted by Gasteiger charge is -2.33. The van der Waals surface area contributed by atoms with E-state index in [1.54, 1.807) is 0 Å². The molecule has 0 saturated carbocycles. The molecule has 2 heterocycles. The molecular formula is C11H19N5O. The fourth-order valence-corrected chi connectivity index (χ4v) is 2.11. The number of nitrogens with zero attached hydrogens (tertiary/aromatic N) is 2. The van der Waals surface area contributed by atoms with Crippen molar-refractivity contribution in [3.63, 3.8) is 0 Å². The van der Waals surface area contributed by atoms with E-state index >= 15 is 0 Å². The second-order valence-electron chi connectivity index (χ2n) is 4.91. The molecular weight excluding hydrogens is 218 g/mol. The Morgan fingerprint density at radius 1 is 1.65 bits per heavy atom. The van der Waals surface area contributed by atoms with Gasteiger partial charge in [-0.3, -0.25) is 9.89 Å². The number of aromatic nitrogens is 3. The molecule has 1 aromatic rings. The van der Waals surface area contributed by atoms with Crippen LogP contribution in [0.3, 0.4) is 0 Å². The molecule has 0 radical (unpaired) electrons. The number of hydrogen-bond acceptors (Lipinski definition) is 4. The Kier molecular flexibility index (Phi) is 3.42. The number of carbonyl (C=O) groups excluding carboxylic acids is 1. The highest BCUT2D eigenvalue weighted by Gasteiger charge is 2.35. The molecule has 1 aliphatic rings. The van der Waals surface area contributed by atoms with Crippen molar-refractivity contribution in [2.45, 2.75) is 32.7 Å². The van der Waals surface area contributed by atoms with Gasteiger partial charge in [0, 0.05) is 6.54 Å². The van der Waals surface area contributed by atoms with Crippen LogP contribution in [0.25, 0.3) is 0 Å². The van der Waals surface area contributed by atoms with Crippen LogP contribution in [0.1, 0.15) is 38.6 Å². The highest BCUT2D eigenvalue weighted by atomic mass is 16.2. The van der Waals surface area contributed by atoms with Gasteiger partial charge in [-0.1, -0.05) is 0 Å². The van der Waals surface area contributed by atoms with Gasteiger partial charge in [-0.25, -0.2) is 4.98 Å². The molecule has 0 bridgehead atoms. The first-order valence-electron chi connectivity index (χ1n) is 5.99. The van der Waals surface area contributed by atoms with Crippen LogP contribution >= 0.6 is 0 Å². The van der Waals surface area contributed by atoms with Gasteiger partial charge in [0.05, 0.1) is 11.5 Å². The Labute approximate surface area is 101 Å². The number of piperidine rings is 1. The van der Waals surface area contributed by atoms with E-state index in [0.29, 0.717) is 5.82 Å². The van der Waals surface area contributed by atoms with Crippen molar-refractivity contribution < 1.29 is 4.79 Å². The molecule has 1 aromatic heterocycles. The second kappa shape index (κ2) is 4.83. The molecule has 1 aliphatic heterocycles. The maximum atomic E-state index is 12.2. The number of hydrogen-bond donors (Lipinski definition) is 3. The zero-order valence-corrected chi connectivity index (χ0v) is 10.3. The number of nitrogens with one attached hydrogen (secondary N) is 3. The third-order valence-corrected chi connectivity index (χ3v) is 3.34. The predicted octanol–water partition coefficient (Wildman–Crippen LogP) is 0.372. The van der Waals surface area contributed by atoms with E-state index in [4.69, 9.17) is 0 Å². The van der Waals surface area contributed by atoms with Crippen molar-refractivity contribution in [1.82, 2.24) is 25.8 Å². The summed E-state index contributed by atoms with van der Waals surface area (Å²) >= 11 is 0. The third-order valence-electron chi connectivity index (χ3n) is 3.34. The molecule has 3 N–H and O–H groups in total. The van der Waals surface area contributed by atoms with Crippen molar-refractivity contribution in [3.05, 3.63) is 12.2 Å². The fraction of sp³-hybridized carbons (Fsp3) is 0.727. The second-order valence-corrected chi connectivity index (χ2v) is 4.91. The Balaban J connectivity index is 1.96. The van der Waals surface area contributed by atoms with E-state index in [1.165, 1.54) is 6.33 Å². The Morgan fingerprint density at radius 3 is 3.06 bits per heavy atom. The van der Waals surface area contributed by atoms with Crippen LogP contribution in [0.2, 0.25) is 0 Å². The third kappa shape index (κ3) is 2.63. The van der Waals surface area contributed by atoms with Crippen LogP contribution < -0.4 is 10.6 Å². The molecule has 1 saturated heterocycles.